The molecule has 2 atom stereocenters. The molecule has 1 saturated heterocycles. The number of amides is 2. The summed E-state index contributed by atoms with van der Waals surface area (Å²) >= 11 is 1.43. The predicted octanol–water partition coefficient (Wildman–Crippen LogP) is 2.45. The van der Waals surface area contributed by atoms with E-state index in [0.29, 0.717) is 17.2 Å². The number of furan rings is 1. The van der Waals surface area contributed by atoms with Crippen LogP contribution in [-0.2, 0) is 19.1 Å². The lowest BCUT2D eigenvalue weighted by Gasteiger charge is -2.26. The number of benzene rings is 1. The van der Waals surface area contributed by atoms with Crippen LogP contribution in [0.2, 0.25) is 0 Å². The molecule has 1 aromatic heterocycles. The predicted molar refractivity (Wildman–Crippen MR) is 101 cm³/mol. The molecule has 0 saturated carbocycles. The van der Waals surface area contributed by atoms with E-state index >= 15 is 0 Å². The van der Waals surface area contributed by atoms with Gasteiger partial charge in [0.05, 0.1) is 6.26 Å². The largest absolute Gasteiger partial charge is 0.466 e. The summed E-state index contributed by atoms with van der Waals surface area (Å²) in [6, 6.07) is 11.8. The zero-order valence-electron chi connectivity index (χ0n) is 15.0. The molecule has 1 aliphatic rings. The van der Waals surface area contributed by atoms with Gasteiger partial charge in [-0.15, -0.1) is 11.8 Å². The van der Waals surface area contributed by atoms with Gasteiger partial charge in [-0.2, -0.15) is 0 Å². The molecule has 1 aromatic carbocycles. The quantitative estimate of drug-likeness (QED) is 0.732. The number of hydrogen-bond acceptors (Lipinski definition) is 6. The van der Waals surface area contributed by atoms with E-state index in [9.17, 15) is 14.4 Å². The summed E-state index contributed by atoms with van der Waals surface area (Å²) in [5, 5.41) is -0.377. The van der Waals surface area contributed by atoms with Gasteiger partial charge in [0.15, 0.2) is 6.61 Å². The van der Waals surface area contributed by atoms with Crippen molar-refractivity contribution in [2.45, 2.75) is 18.3 Å². The molecule has 27 heavy (non-hydrogen) atoms. The molecule has 142 valence electrons. The Bertz CT molecular complexity index is 809. The van der Waals surface area contributed by atoms with Gasteiger partial charge >= 0.3 is 5.97 Å². The van der Waals surface area contributed by atoms with Gasteiger partial charge in [-0.3, -0.25) is 9.59 Å². The lowest BCUT2D eigenvalue weighted by atomic mass is 10.2. The smallest absolute Gasteiger partial charge is 0.330 e. The molecule has 8 heteroatoms. The Hall–Kier alpha value is -2.74. The minimum atomic E-state index is -0.752. The molecule has 0 spiro atoms. The third kappa shape index (κ3) is 4.16. The van der Waals surface area contributed by atoms with Crippen molar-refractivity contribution in [1.29, 1.82) is 0 Å². The number of anilines is 1. The van der Waals surface area contributed by atoms with Gasteiger partial charge in [0.2, 0.25) is 5.91 Å². The van der Waals surface area contributed by atoms with E-state index in [1.54, 1.807) is 31.3 Å². The van der Waals surface area contributed by atoms with E-state index in [1.807, 2.05) is 18.2 Å². The number of para-hydroxylation sites is 1. The molecule has 1 aliphatic heterocycles. The molecular weight excluding hydrogens is 368 g/mol. The average Bonchev–Trinajstić information content (AvgIpc) is 3.35. The zero-order chi connectivity index (χ0) is 19.4. The fourth-order valence-electron chi connectivity index (χ4n) is 2.84. The van der Waals surface area contributed by atoms with Crippen LogP contribution in [-0.4, -0.2) is 48.1 Å². The van der Waals surface area contributed by atoms with E-state index in [0.717, 1.165) is 0 Å². The van der Waals surface area contributed by atoms with Gasteiger partial charge in [-0.25, -0.2) is 4.79 Å². The number of likely N-dealkylation sites (N-methyl/N-ethyl adjacent to an activating group) is 1. The third-order valence-corrected chi connectivity index (χ3v) is 5.56. The highest BCUT2D eigenvalue weighted by Gasteiger charge is 2.43. The first-order valence-corrected chi connectivity index (χ1v) is 9.46. The number of carbonyl (C=O) groups excluding carboxylic acids is 3. The standard InChI is InChI=1S/C19H20N2O5S/c1-13(22)21-15(12-27-18(21)16-9-6-10-25-16)19(24)26-11-17(23)20(2)14-7-4-3-5-8-14/h3-10,15,18H,11-12H2,1-2H3/t15-,18-/m1/s1. The van der Waals surface area contributed by atoms with Gasteiger partial charge in [-0.1, -0.05) is 18.2 Å². The minimum absolute atomic E-state index is 0.254. The molecule has 3 rings (SSSR count). The van der Waals surface area contributed by atoms with Crippen LogP contribution in [0.25, 0.3) is 0 Å². The summed E-state index contributed by atoms with van der Waals surface area (Å²) in [5.74, 6) is -0.216. The Balaban J connectivity index is 1.62. The second-order valence-corrected chi connectivity index (χ2v) is 7.15. The number of esters is 1. The molecule has 0 radical (unpaired) electrons. The molecular formula is C19H20N2O5S. The molecule has 0 bridgehead atoms. The molecule has 0 N–H and O–H groups in total. The summed E-state index contributed by atoms with van der Waals surface area (Å²) < 4.78 is 10.6. The van der Waals surface area contributed by atoms with Crippen LogP contribution in [0.4, 0.5) is 5.69 Å². The summed E-state index contributed by atoms with van der Waals surface area (Å²) in [6.07, 6.45) is 1.53. The normalized spacial score (nSPS) is 19.0. The minimum Gasteiger partial charge on any atom is -0.466 e. The van der Waals surface area contributed by atoms with Crippen molar-refractivity contribution in [3.05, 3.63) is 54.5 Å². The average molecular weight is 388 g/mol. The third-order valence-electron chi connectivity index (χ3n) is 4.28. The summed E-state index contributed by atoms with van der Waals surface area (Å²) in [4.78, 5) is 39.7. The van der Waals surface area contributed by atoms with E-state index < -0.39 is 12.0 Å². The molecule has 2 heterocycles. The number of hydrogen-bond donors (Lipinski definition) is 0. The number of carbonyl (C=O) groups is 3. The van der Waals surface area contributed by atoms with E-state index in [2.05, 4.69) is 0 Å². The molecule has 7 nitrogen and oxygen atoms in total. The summed E-state index contributed by atoms with van der Waals surface area (Å²) in [6.45, 7) is 1.01. The van der Waals surface area contributed by atoms with Crippen LogP contribution in [0.5, 0.6) is 0 Å². The first kappa shape index (κ1) is 19.0. The van der Waals surface area contributed by atoms with Crippen LogP contribution < -0.4 is 4.90 Å². The van der Waals surface area contributed by atoms with Crippen molar-refractivity contribution in [2.24, 2.45) is 0 Å². The van der Waals surface area contributed by atoms with Gasteiger partial charge in [0, 0.05) is 25.4 Å². The van der Waals surface area contributed by atoms with Crippen molar-refractivity contribution in [2.75, 3.05) is 24.3 Å². The van der Waals surface area contributed by atoms with Gasteiger partial charge in [-0.05, 0) is 24.3 Å². The monoisotopic (exact) mass is 388 g/mol. The highest BCUT2D eigenvalue weighted by atomic mass is 32.2. The van der Waals surface area contributed by atoms with Crippen LogP contribution in [0.3, 0.4) is 0 Å². The maximum absolute atomic E-state index is 12.5. The highest BCUT2D eigenvalue weighted by Crippen LogP contribution is 2.41. The fourth-order valence-corrected chi connectivity index (χ4v) is 4.26. The van der Waals surface area contributed by atoms with Crippen LogP contribution in [0, 0.1) is 0 Å². The fraction of sp³-hybridized carbons (Fsp3) is 0.316. The topological polar surface area (TPSA) is 80.1 Å². The number of ether oxygens (including phenoxy) is 1. The Morgan fingerprint density at radius 1 is 1.22 bits per heavy atom. The van der Waals surface area contributed by atoms with E-state index in [4.69, 9.17) is 9.15 Å². The lowest BCUT2D eigenvalue weighted by Crippen LogP contribution is -2.43. The second kappa shape index (κ2) is 8.30. The first-order valence-electron chi connectivity index (χ1n) is 8.41. The van der Waals surface area contributed by atoms with Crippen molar-refractivity contribution < 1.29 is 23.5 Å². The van der Waals surface area contributed by atoms with Crippen molar-refractivity contribution >= 4 is 35.2 Å². The highest BCUT2D eigenvalue weighted by molar-refractivity contribution is 7.99. The Kier molecular flexibility index (Phi) is 5.85. The van der Waals surface area contributed by atoms with Crippen LogP contribution >= 0.6 is 11.8 Å². The van der Waals surface area contributed by atoms with E-state index in [-0.39, 0.29) is 23.8 Å². The van der Waals surface area contributed by atoms with Crippen LogP contribution in [0.15, 0.2) is 53.1 Å². The Morgan fingerprint density at radius 2 is 1.96 bits per heavy atom. The zero-order valence-corrected chi connectivity index (χ0v) is 15.8. The molecule has 0 unspecified atom stereocenters. The number of rotatable bonds is 5. The summed E-state index contributed by atoms with van der Waals surface area (Å²) in [5.41, 5.74) is 0.707. The lowest BCUT2D eigenvalue weighted by molar-refractivity contribution is -0.155. The van der Waals surface area contributed by atoms with Crippen molar-refractivity contribution in [1.82, 2.24) is 4.90 Å². The molecule has 1 fully saturated rings. The van der Waals surface area contributed by atoms with Gasteiger partial charge < -0.3 is 19.0 Å². The van der Waals surface area contributed by atoms with Crippen LogP contribution in [0.1, 0.15) is 18.1 Å². The number of nitrogens with zero attached hydrogens (tertiary/aromatic N) is 2. The van der Waals surface area contributed by atoms with Gasteiger partial charge in [0.25, 0.3) is 5.91 Å². The van der Waals surface area contributed by atoms with Crippen molar-refractivity contribution in [3.8, 4) is 0 Å². The molecule has 2 aromatic rings. The molecule has 2 amide bonds. The van der Waals surface area contributed by atoms with Crippen molar-refractivity contribution in [3.63, 3.8) is 0 Å². The Labute approximate surface area is 161 Å². The second-order valence-electron chi connectivity index (χ2n) is 6.04. The maximum Gasteiger partial charge on any atom is 0.330 e. The molecule has 0 aliphatic carbocycles. The maximum atomic E-state index is 12.5. The number of thioether (sulfide) groups is 1. The summed E-state index contributed by atoms with van der Waals surface area (Å²) in [7, 11) is 1.62. The van der Waals surface area contributed by atoms with Gasteiger partial charge in [0.1, 0.15) is 17.2 Å². The Morgan fingerprint density at radius 3 is 2.59 bits per heavy atom. The first-order chi connectivity index (χ1) is 13.0. The van der Waals surface area contributed by atoms with E-state index in [1.165, 1.54) is 34.7 Å². The SMILES string of the molecule is CC(=O)N1[C@@H](C(=O)OCC(=O)N(C)c2ccccc2)CS[C@@H]1c1ccco1.